The van der Waals surface area contributed by atoms with Crippen LogP contribution in [-0.2, 0) is 0 Å². The van der Waals surface area contributed by atoms with Crippen molar-refractivity contribution < 1.29 is 0 Å². The lowest BCUT2D eigenvalue weighted by Gasteiger charge is -2.18. The number of hydrogen-bond donors (Lipinski definition) is 0. The maximum absolute atomic E-state index is 5.95. The summed E-state index contributed by atoms with van der Waals surface area (Å²) >= 11 is 5.95. The normalized spacial score (nSPS) is 10.8. The molecule has 109 valence electrons. The summed E-state index contributed by atoms with van der Waals surface area (Å²) in [6.45, 7) is 0. The highest BCUT2D eigenvalue weighted by molar-refractivity contribution is 6.30. The molecule has 0 unspecified atom stereocenters. The molecule has 1 radical (unpaired) electrons. The molecule has 0 aliphatic carbocycles. The summed E-state index contributed by atoms with van der Waals surface area (Å²) in [4.78, 5) is 0. The van der Waals surface area contributed by atoms with Gasteiger partial charge in [0.15, 0.2) is 0 Å². The van der Waals surface area contributed by atoms with Crippen LogP contribution < -0.4 is 0 Å². The predicted octanol–water partition coefficient (Wildman–Crippen LogP) is 6.11. The van der Waals surface area contributed by atoms with Gasteiger partial charge in [-0.25, -0.2) is 0 Å². The molecule has 0 spiro atoms. The molecule has 1 heteroatoms. The number of hydrogen-bond acceptors (Lipinski definition) is 0. The zero-order valence-electron chi connectivity index (χ0n) is 12.3. The Morgan fingerprint density at radius 3 is 1.68 bits per heavy atom. The van der Waals surface area contributed by atoms with E-state index in [1.54, 1.807) is 0 Å². The van der Waals surface area contributed by atoms with E-state index in [1.807, 2.05) is 12.1 Å². The highest BCUT2D eigenvalue weighted by Gasteiger charge is 2.13. The standard InChI is InChI=1S/C21H18Cl/c22-20-14-11-17(12-15-20)13-16-21(18-7-3-1-4-8-18)19-9-5-2-6-10-19/h1-15,21H,16H2. The first-order valence-electron chi connectivity index (χ1n) is 7.51. The van der Waals surface area contributed by atoms with Gasteiger partial charge < -0.3 is 0 Å². The summed E-state index contributed by atoms with van der Waals surface area (Å²) in [5.41, 5.74) is 3.90. The zero-order valence-corrected chi connectivity index (χ0v) is 13.1. The van der Waals surface area contributed by atoms with Crippen LogP contribution in [0.25, 0.3) is 0 Å². The molecule has 0 aliphatic rings. The molecule has 3 aromatic rings. The van der Waals surface area contributed by atoms with Crippen LogP contribution in [0.2, 0.25) is 5.02 Å². The van der Waals surface area contributed by atoms with E-state index in [2.05, 4.69) is 79.2 Å². The van der Waals surface area contributed by atoms with Crippen LogP contribution in [0.4, 0.5) is 0 Å². The molecule has 0 saturated carbocycles. The van der Waals surface area contributed by atoms with Gasteiger partial charge in [0.05, 0.1) is 0 Å². The van der Waals surface area contributed by atoms with Gasteiger partial charge in [-0.05, 0) is 41.7 Å². The Morgan fingerprint density at radius 1 is 0.682 bits per heavy atom. The molecule has 0 bridgehead atoms. The third kappa shape index (κ3) is 3.78. The highest BCUT2D eigenvalue weighted by Crippen LogP contribution is 2.30. The van der Waals surface area contributed by atoms with Gasteiger partial charge in [-0.3, -0.25) is 0 Å². The van der Waals surface area contributed by atoms with Crippen LogP contribution in [0, 0.1) is 6.42 Å². The summed E-state index contributed by atoms with van der Waals surface area (Å²) in [5.74, 6) is 0.373. The number of benzene rings is 3. The summed E-state index contributed by atoms with van der Waals surface area (Å²) in [6.07, 6.45) is 3.25. The Kier molecular flexibility index (Phi) is 4.92. The van der Waals surface area contributed by atoms with Crippen LogP contribution in [0.15, 0.2) is 84.9 Å². The van der Waals surface area contributed by atoms with Crippen molar-refractivity contribution >= 4 is 11.6 Å². The molecule has 0 atom stereocenters. The second-order valence-electron chi connectivity index (χ2n) is 5.37. The van der Waals surface area contributed by atoms with Crippen LogP contribution in [0.5, 0.6) is 0 Å². The van der Waals surface area contributed by atoms with E-state index in [0.717, 1.165) is 11.4 Å². The van der Waals surface area contributed by atoms with E-state index in [1.165, 1.54) is 16.7 Å². The quantitative estimate of drug-likeness (QED) is 0.533. The largest absolute Gasteiger partial charge is 0.0843 e. The first-order chi connectivity index (χ1) is 10.8. The van der Waals surface area contributed by atoms with Gasteiger partial charge in [-0.15, -0.1) is 0 Å². The van der Waals surface area contributed by atoms with Crippen molar-refractivity contribution in [2.75, 3.05) is 0 Å². The van der Waals surface area contributed by atoms with Gasteiger partial charge in [0.2, 0.25) is 0 Å². The molecule has 22 heavy (non-hydrogen) atoms. The Hall–Kier alpha value is -2.05. The Morgan fingerprint density at radius 2 is 1.18 bits per heavy atom. The molecule has 0 fully saturated rings. The lowest BCUT2D eigenvalue weighted by atomic mass is 9.86. The summed E-state index contributed by atoms with van der Waals surface area (Å²) < 4.78 is 0. The molecular formula is C21H18Cl. The summed E-state index contributed by atoms with van der Waals surface area (Å²) in [5, 5.41) is 0.778. The van der Waals surface area contributed by atoms with Gasteiger partial charge in [-0.1, -0.05) is 84.4 Å². The van der Waals surface area contributed by atoms with Crippen LogP contribution >= 0.6 is 11.6 Å². The van der Waals surface area contributed by atoms with Crippen molar-refractivity contribution in [2.45, 2.75) is 12.3 Å². The highest BCUT2D eigenvalue weighted by atomic mass is 35.5. The van der Waals surface area contributed by atoms with Crippen molar-refractivity contribution in [1.82, 2.24) is 0 Å². The molecule has 0 heterocycles. The molecule has 0 saturated heterocycles. The summed E-state index contributed by atoms with van der Waals surface area (Å²) in [6, 6.07) is 29.4. The van der Waals surface area contributed by atoms with E-state index in [9.17, 15) is 0 Å². The molecule has 0 aromatic heterocycles. The molecule has 0 aliphatic heterocycles. The third-order valence-electron chi connectivity index (χ3n) is 3.86. The van der Waals surface area contributed by atoms with Crippen molar-refractivity contribution in [1.29, 1.82) is 0 Å². The Labute approximate surface area is 137 Å². The first-order valence-corrected chi connectivity index (χ1v) is 7.89. The fraction of sp³-hybridized carbons (Fsp3) is 0.0952. The third-order valence-corrected chi connectivity index (χ3v) is 4.12. The fourth-order valence-electron chi connectivity index (χ4n) is 2.69. The number of rotatable bonds is 5. The van der Waals surface area contributed by atoms with Gasteiger partial charge in [0.25, 0.3) is 0 Å². The lowest BCUT2D eigenvalue weighted by molar-refractivity contribution is 0.800. The zero-order chi connectivity index (χ0) is 15.2. The topological polar surface area (TPSA) is 0 Å². The summed E-state index contributed by atoms with van der Waals surface area (Å²) in [7, 11) is 0. The maximum Gasteiger partial charge on any atom is 0.0406 e. The van der Waals surface area contributed by atoms with E-state index in [0.29, 0.717) is 5.92 Å². The van der Waals surface area contributed by atoms with Gasteiger partial charge in [0.1, 0.15) is 0 Å². The van der Waals surface area contributed by atoms with Crippen molar-refractivity contribution in [3.8, 4) is 0 Å². The van der Waals surface area contributed by atoms with Crippen LogP contribution in [0.3, 0.4) is 0 Å². The number of halogens is 1. The smallest absolute Gasteiger partial charge is 0.0406 e. The fourth-order valence-corrected chi connectivity index (χ4v) is 2.81. The Balaban J connectivity index is 1.81. The Bertz CT molecular complexity index is 647. The average Bonchev–Trinajstić information content (AvgIpc) is 2.59. The van der Waals surface area contributed by atoms with E-state index in [4.69, 9.17) is 11.6 Å². The minimum atomic E-state index is 0.373. The first kappa shape index (κ1) is 14.9. The van der Waals surface area contributed by atoms with Gasteiger partial charge in [0, 0.05) is 10.9 Å². The minimum Gasteiger partial charge on any atom is -0.0843 e. The van der Waals surface area contributed by atoms with Gasteiger partial charge in [-0.2, -0.15) is 0 Å². The molecule has 0 nitrogen and oxygen atoms in total. The maximum atomic E-state index is 5.95. The van der Waals surface area contributed by atoms with Crippen molar-refractivity contribution in [3.05, 3.63) is 113 Å². The van der Waals surface area contributed by atoms with E-state index < -0.39 is 0 Å². The molecule has 3 rings (SSSR count). The molecule has 0 amide bonds. The van der Waals surface area contributed by atoms with Crippen LogP contribution in [0.1, 0.15) is 29.0 Å². The predicted molar refractivity (Wildman–Crippen MR) is 94.2 cm³/mol. The molecular weight excluding hydrogens is 288 g/mol. The SMILES string of the molecule is Clc1ccc([CH]CC(c2ccccc2)c2ccccc2)cc1. The van der Waals surface area contributed by atoms with Gasteiger partial charge >= 0.3 is 0 Å². The average molecular weight is 306 g/mol. The van der Waals surface area contributed by atoms with E-state index >= 15 is 0 Å². The second-order valence-corrected chi connectivity index (χ2v) is 5.80. The van der Waals surface area contributed by atoms with Crippen molar-refractivity contribution in [2.24, 2.45) is 0 Å². The van der Waals surface area contributed by atoms with E-state index in [-0.39, 0.29) is 0 Å². The van der Waals surface area contributed by atoms with Crippen LogP contribution in [-0.4, -0.2) is 0 Å². The lowest BCUT2D eigenvalue weighted by Crippen LogP contribution is -2.02. The minimum absolute atomic E-state index is 0.373. The monoisotopic (exact) mass is 305 g/mol. The molecule has 0 N–H and O–H groups in total. The molecule has 3 aromatic carbocycles. The second kappa shape index (κ2) is 7.29. The van der Waals surface area contributed by atoms with Crippen molar-refractivity contribution in [3.63, 3.8) is 0 Å².